The highest BCUT2D eigenvalue weighted by molar-refractivity contribution is 5.94. The van der Waals surface area contributed by atoms with Crippen molar-refractivity contribution in [2.24, 2.45) is 0 Å². The van der Waals surface area contributed by atoms with Gasteiger partial charge in [0.2, 0.25) is 5.95 Å². The van der Waals surface area contributed by atoms with Crippen LogP contribution in [0.1, 0.15) is 34.6 Å². The molecule has 1 saturated heterocycles. The molecule has 1 unspecified atom stereocenters. The molecule has 0 bridgehead atoms. The Morgan fingerprint density at radius 2 is 1.87 bits per heavy atom. The molecule has 0 aliphatic carbocycles. The summed E-state index contributed by atoms with van der Waals surface area (Å²) < 4.78 is 0. The normalized spacial score (nSPS) is 17.8. The highest BCUT2D eigenvalue weighted by Crippen LogP contribution is 2.17. The number of anilines is 1. The summed E-state index contributed by atoms with van der Waals surface area (Å²) in [5.41, 5.74) is 2.65. The van der Waals surface area contributed by atoms with Crippen LogP contribution >= 0.6 is 0 Å². The van der Waals surface area contributed by atoms with Gasteiger partial charge in [0.05, 0.1) is 0 Å². The van der Waals surface area contributed by atoms with Gasteiger partial charge in [0.15, 0.2) is 0 Å². The second-order valence-electron chi connectivity index (χ2n) is 6.07. The molecule has 2 heterocycles. The third-order valence-electron chi connectivity index (χ3n) is 4.04. The molecule has 23 heavy (non-hydrogen) atoms. The van der Waals surface area contributed by atoms with Crippen LogP contribution in [0.4, 0.5) is 5.95 Å². The molecule has 0 radical (unpaired) electrons. The molecule has 1 aliphatic rings. The molecule has 2 aromatic rings. The molecule has 1 aromatic heterocycles. The molecule has 5 heteroatoms. The van der Waals surface area contributed by atoms with Crippen molar-refractivity contribution in [3.8, 4) is 0 Å². The van der Waals surface area contributed by atoms with Gasteiger partial charge in [0.25, 0.3) is 5.91 Å². The lowest BCUT2D eigenvalue weighted by Crippen LogP contribution is -2.45. The van der Waals surface area contributed by atoms with Gasteiger partial charge in [-0.05, 0) is 44.9 Å². The number of aromatic nitrogens is 2. The highest BCUT2D eigenvalue weighted by Gasteiger charge is 2.24. The number of hydrogen-bond acceptors (Lipinski definition) is 4. The molecule has 120 valence electrons. The molecule has 5 nitrogen and oxygen atoms in total. The van der Waals surface area contributed by atoms with Gasteiger partial charge in [-0.1, -0.05) is 18.2 Å². The van der Waals surface area contributed by atoms with E-state index in [1.165, 1.54) is 0 Å². The summed E-state index contributed by atoms with van der Waals surface area (Å²) in [6.07, 6.45) is 2.01. The van der Waals surface area contributed by atoms with Crippen molar-refractivity contribution < 1.29 is 4.79 Å². The third-order valence-corrected chi connectivity index (χ3v) is 4.04. The molecule has 1 aromatic carbocycles. The third kappa shape index (κ3) is 3.86. The van der Waals surface area contributed by atoms with E-state index in [0.717, 1.165) is 36.3 Å². The average molecular weight is 310 g/mol. The number of rotatable bonds is 3. The number of amides is 1. The van der Waals surface area contributed by atoms with Crippen LogP contribution in [0.25, 0.3) is 0 Å². The molecule has 0 saturated carbocycles. The van der Waals surface area contributed by atoms with Crippen molar-refractivity contribution in [1.82, 2.24) is 14.9 Å². The number of benzene rings is 1. The first-order chi connectivity index (χ1) is 11.1. The summed E-state index contributed by atoms with van der Waals surface area (Å²) in [4.78, 5) is 23.3. The number of piperidine rings is 1. The molecule has 1 N–H and O–H groups in total. The van der Waals surface area contributed by atoms with E-state index in [9.17, 15) is 4.79 Å². The van der Waals surface area contributed by atoms with Crippen LogP contribution in [-0.2, 0) is 0 Å². The topological polar surface area (TPSA) is 58.1 Å². The Morgan fingerprint density at radius 1 is 1.17 bits per heavy atom. The van der Waals surface area contributed by atoms with Crippen molar-refractivity contribution in [1.29, 1.82) is 0 Å². The quantitative estimate of drug-likeness (QED) is 0.947. The molecule has 1 fully saturated rings. The van der Waals surface area contributed by atoms with Gasteiger partial charge in [0, 0.05) is 36.1 Å². The van der Waals surface area contributed by atoms with Gasteiger partial charge < -0.3 is 10.2 Å². The first-order valence-electron chi connectivity index (χ1n) is 8.05. The van der Waals surface area contributed by atoms with E-state index in [1.807, 2.05) is 55.1 Å². The molecular weight excluding hydrogens is 288 g/mol. The maximum Gasteiger partial charge on any atom is 0.253 e. The van der Waals surface area contributed by atoms with Crippen molar-refractivity contribution in [2.75, 3.05) is 18.4 Å². The Morgan fingerprint density at radius 3 is 2.57 bits per heavy atom. The molecular formula is C18H22N4O. The van der Waals surface area contributed by atoms with E-state index in [4.69, 9.17) is 0 Å². The summed E-state index contributed by atoms with van der Waals surface area (Å²) in [5, 5.41) is 3.38. The zero-order valence-corrected chi connectivity index (χ0v) is 13.6. The first kappa shape index (κ1) is 15.5. The summed E-state index contributed by atoms with van der Waals surface area (Å²) in [6.45, 7) is 5.42. The zero-order valence-electron chi connectivity index (χ0n) is 13.6. The van der Waals surface area contributed by atoms with Gasteiger partial charge >= 0.3 is 0 Å². The van der Waals surface area contributed by atoms with Crippen LogP contribution in [0.3, 0.4) is 0 Å². The smallest absolute Gasteiger partial charge is 0.253 e. The SMILES string of the molecule is Cc1cc(C)nc(NC2CCCN(C(=O)c3ccccc3)C2)n1. The molecule has 1 atom stereocenters. The Kier molecular flexibility index (Phi) is 4.55. The predicted octanol–water partition coefficient (Wildman–Crippen LogP) is 2.81. The summed E-state index contributed by atoms with van der Waals surface area (Å²) in [6, 6.07) is 11.6. The minimum absolute atomic E-state index is 0.0958. The van der Waals surface area contributed by atoms with Gasteiger partial charge in [0.1, 0.15) is 0 Å². The van der Waals surface area contributed by atoms with E-state index < -0.39 is 0 Å². The van der Waals surface area contributed by atoms with Gasteiger partial charge in [-0.3, -0.25) is 4.79 Å². The number of nitrogens with zero attached hydrogens (tertiary/aromatic N) is 3. The number of carbonyl (C=O) groups is 1. The van der Waals surface area contributed by atoms with E-state index in [1.54, 1.807) is 0 Å². The number of hydrogen-bond donors (Lipinski definition) is 1. The van der Waals surface area contributed by atoms with Crippen molar-refractivity contribution in [2.45, 2.75) is 32.7 Å². The number of nitrogens with one attached hydrogen (secondary N) is 1. The number of aryl methyl sites for hydroxylation is 2. The van der Waals surface area contributed by atoms with E-state index in [2.05, 4.69) is 15.3 Å². The monoisotopic (exact) mass is 310 g/mol. The van der Waals surface area contributed by atoms with Crippen molar-refractivity contribution in [3.63, 3.8) is 0 Å². The van der Waals surface area contributed by atoms with Crippen molar-refractivity contribution >= 4 is 11.9 Å². The fraction of sp³-hybridized carbons (Fsp3) is 0.389. The molecule has 3 rings (SSSR count). The minimum Gasteiger partial charge on any atom is -0.350 e. The summed E-state index contributed by atoms with van der Waals surface area (Å²) >= 11 is 0. The van der Waals surface area contributed by atoms with E-state index >= 15 is 0 Å². The van der Waals surface area contributed by atoms with Gasteiger partial charge in [-0.15, -0.1) is 0 Å². The lowest BCUT2D eigenvalue weighted by Gasteiger charge is -2.33. The lowest BCUT2D eigenvalue weighted by atomic mass is 10.0. The summed E-state index contributed by atoms with van der Waals surface area (Å²) in [7, 11) is 0. The standard InChI is InChI=1S/C18H22N4O/c1-13-11-14(2)20-18(19-13)21-16-9-6-10-22(12-16)17(23)15-7-4-3-5-8-15/h3-5,7-8,11,16H,6,9-10,12H2,1-2H3,(H,19,20,21). The Labute approximate surface area is 136 Å². The fourth-order valence-electron chi connectivity index (χ4n) is 3.02. The highest BCUT2D eigenvalue weighted by atomic mass is 16.2. The maximum absolute atomic E-state index is 12.6. The van der Waals surface area contributed by atoms with Crippen LogP contribution in [0.2, 0.25) is 0 Å². The summed E-state index contributed by atoms with van der Waals surface area (Å²) in [5.74, 6) is 0.750. The van der Waals surface area contributed by atoms with Gasteiger partial charge in [-0.2, -0.15) is 0 Å². The van der Waals surface area contributed by atoms with Gasteiger partial charge in [-0.25, -0.2) is 9.97 Å². The van der Waals surface area contributed by atoms with E-state index in [0.29, 0.717) is 12.5 Å². The zero-order chi connectivity index (χ0) is 16.2. The number of likely N-dealkylation sites (tertiary alicyclic amines) is 1. The second-order valence-corrected chi connectivity index (χ2v) is 6.07. The lowest BCUT2D eigenvalue weighted by molar-refractivity contribution is 0.0714. The average Bonchev–Trinajstić information content (AvgIpc) is 2.54. The first-order valence-corrected chi connectivity index (χ1v) is 8.05. The molecule has 1 aliphatic heterocycles. The Hall–Kier alpha value is -2.43. The molecule has 1 amide bonds. The maximum atomic E-state index is 12.6. The van der Waals surface area contributed by atoms with E-state index in [-0.39, 0.29) is 11.9 Å². The largest absolute Gasteiger partial charge is 0.350 e. The van der Waals surface area contributed by atoms with Crippen LogP contribution in [-0.4, -0.2) is 39.9 Å². The second kappa shape index (κ2) is 6.77. The van der Waals surface area contributed by atoms with Crippen LogP contribution < -0.4 is 5.32 Å². The minimum atomic E-state index is 0.0958. The Balaban J connectivity index is 1.67. The van der Waals surface area contributed by atoms with Crippen LogP contribution in [0.5, 0.6) is 0 Å². The van der Waals surface area contributed by atoms with Crippen molar-refractivity contribution in [3.05, 3.63) is 53.3 Å². The molecule has 0 spiro atoms. The predicted molar refractivity (Wildman–Crippen MR) is 90.5 cm³/mol. The van der Waals surface area contributed by atoms with Crippen LogP contribution in [0, 0.1) is 13.8 Å². The fourth-order valence-corrected chi connectivity index (χ4v) is 3.02. The number of carbonyl (C=O) groups excluding carboxylic acids is 1. The van der Waals surface area contributed by atoms with Crippen LogP contribution in [0.15, 0.2) is 36.4 Å². The Bertz CT molecular complexity index is 666.